The summed E-state index contributed by atoms with van der Waals surface area (Å²) in [4.78, 5) is 0. The molecule has 0 radical (unpaired) electrons. The Morgan fingerprint density at radius 2 is 2.60 bits per heavy atom. The quantitative estimate of drug-likeness (QED) is 0.407. The minimum absolute atomic E-state index is 0.131. The molecule has 0 spiro atoms. The van der Waals surface area contributed by atoms with Crippen LogP contribution in [0, 0.1) is 0 Å². The Bertz CT molecular complexity index is 83.1. The van der Waals surface area contributed by atoms with Crippen molar-refractivity contribution in [3.8, 4) is 0 Å². The molecule has 1 unspecified atom stereocenters. The molecule has 0 bridgehead atoms. The van der Waals surface area contributed by atoms with E-state index in [-0.39, 0.29) is 13.0 Å². The molecular weight excluding hydrogens is 134 g/mol. The Labute approximate surface area is 60.1 Å². The number of hydrogen-bond donors (Lipinski definition) is 2. The molecule has 0 amide bonds. The fourth-order valence-electron chi connectivity index (χ4n) is 0.920. The lowest BCUT2D eigenvalue weighted by molar-refractivity contribution is -0.0199. The van der Waals surface area contributed by atoms with Gasteiger partial charge in [0.25, 0.3) is 0 Å². The normalized spacial score (nSPS) is 25.5. The Hall–Kier alpha value is -0.160. The van der Waals surface area contributed by atoms with Crippen LogP contribution in [0.2, 0.25) is 0 Å². The minimum Gasteiger partial charge on any atom is -0.371 e. The summed E-state index contributed by atoms with van der Waals surface area (Å²) >= 11 is 0. The lowest BCUT2D eigenvalue weighted by Crippen LogP contribution is -2.24. The van der Waals surface area contributed by atoms with E-state index >= 15 is 0 Å². The maximum atomic E-state index is 8.26. The largest absolute Gasteiger partial charge is 0.371 e. The molecule has 1 rings (SSSR count). The molecule has 1 atom stereocenters. The van der Waals surface area contributed by atoms with Crippen molar-refractivity contribution in [1.29, 1.82) is 0 Å². The number of aliphatic hydroxyl groups is 1. The van der Waals surface area contributed by atoms with E-state index in [4.69, 9.17) is 14.6 Å². The first-order chi connectivity index (χ1) is 4.93. The molecule has 4 nitrogen and oxygen atoms in total. The number of nitrogens with one attached hydrogen (secondary N) is 1. The molecule has 60 valence electrons. The van der Waals surface area contributed by atoms with Gasteiger partial charge in [-0.05, 0) is 0 Å². The zero-order valence-corrected chi connectivity index (χ0v) is 5.88. The van der Waals surface area contributed by atoms with Gasteiger partial charge in [-0.3, -0.25) is 5.32 Å². The highest BCUT2D eigenvalue weighted by molar-refractivity contribution is 4.61. The predicted molar refractivity (Wildman–Crippen MR) is 35.4 cm³/mol. The van der Waals surface area contributed by atoms with E-state index in [0.29, 0.717) is 6.61 Å². The molecule has 0 saturated carbocycles. The second-order valence-electron chi connectivity index (χ2n) is 2.14. The smallest absolute Gasteiger partial charge is 0.143 e. The van der Waals surface area contributed by atoms with E-state index in [1.807, 2.05) is 0 Å². The second kappa shape index (κ2) is 4.62. The van der Waals surface area contributed by atoms with Gasteiger partial charge in [0.05, 0.1) is 13.2 Å². The number of hydrogen-bond acceptors (Lipinski definition) is 4. The van der Waals surface area contributed by atoms with Crippen LogP contribution in [0.4, 0.5) is 0 Å². The summed E-state index contributed by atoms with van der Waals surface area (Å²) in [5.41, 5.74) is 0. The molecule has 1 aliphatic heterocycles. The summed E-state index contributed by atoms with van der Waals surface area (Å²) in [7, 11) is 0. The van der Waals surface area contributed by atoms with E-state index in [1.165, 1.54) is 0 Å². The summed E-state index contributed by atoms with van der Waals surface area (Å²) in [6.45, 7) is 2.05. The van der Waals surface area contributed by atoms with Crippen LogP contribution < -0.4 is 5.32 Å². The first-order valence-electron chi connectivity index (χ1n) is 3.47. The average Bonchev–Trinajstić information content (AvgIpc) is 2.41. The summed E-state index contributed by atoms with van der Waals surface area (Å²) in [5.74, 6) is 0. The highest BCUT2D eigenvalue weighted by atomic mass is 16.6. The fraction of sp³-hybridized carbons (Fsp3) is 1.00. The molecule has 0 aromatic heterocycles. The lowest BCUT2D eigenvalue weighted by atomic mass is 10.4. The zero-order valence-electron chi connectivity index (χ0n) is 5.88. The van der Waals surface area contributed by atoms with Crippen LogP contribution in [0.5, 0.6) is 0 Å². The molecule has 0 aromatic carbocycles. The van der Waals surface area contributed by atoms with Crippen LogP contribution >= 0.6 is 0 Å². The van der Waals surface area contributed by atoms with E-state index < -0.39 is 0 Å². The van der Waals surface area contributed by atoms with Crippen molar-refractivity contribution in [1.82, 2.24) is 5.32 Å². The lowest BCUT2D eigenvalue weighted by Gasteiger charge is -2.08. The van der Waals surface area contributed by atoms with E-state index in [1.54, 1.807) is 0 Å². The maximum absolute atomic E-state index is 8.26. The topological polar surface area (TPSA) is 50.7 Å². The molecule has 0 aromatic rings. The highest BCUT2D eigenvalue weighted by Gasteiger charge is 2.12. The van der Waals surface area contributed by atoms with E-state index in [0.717, 1.165) is 19.6 Å². The molecule has 4 heteroatoms. The molecule has 1 aliphatic rings. The van der Waals surface area contributed by atoms with E-state index in [9.17, 15) is 0 Å². The third-order valence-electron chi connectivity index (χ3n) is 1.41. The summed E-state index contributed by atoms with van der Waals surface area (Å²) in [5, 5.41) is 11.4. The molecular formula is C6H13NO3. The molecule has 1 heterocycles. The van der Waals surface area contributed by atoms with E-state index in [2.05, 4.69) is 5.32 Å². The van der Waals surface area contributed by atoms with Crippen LogP contribution in [0.25, 0.3) is 0 Å². The summed E-state index contributed by atoms with van der Waals surface area (Å²) < 4.78 is 9.96. The van der Waals surface area contributed by atoms with Gasteiger partial charge in [0.15, 0.2) is 0 Å². The van der Waals surface area contributed by atoms with Crippen molar-refractivity contribution >= 4 is 0 Å². The van der Waals surface area contributed by atoms with Gasteiger partial charge in [-0.2, -0.15) is 0 Å². The Kier molecular flexibility index (Phi) is 3.67. The van der Waals surface area contributed by atoms with Gasteiger partial charge in [-0.15, -0.1) is 0 Å². The summed E-state index contributed by atoms with van der Waals surface area (Å²) in [6.07, 6.45) is 0.937. The highest BCUT2D eigenvalue weighted by Crippen LogP contribution is 1.99. The fourth-order valence-corrected chi connectivity index (χ4v) is 0.920. The SMILES string of the molecule is OCOCCC1NCCO1. The van der Waals surface area contributed by atoms with Crippen molar-refractivity contribution in [2.45, 2.75) is 12.6 Å². The average molecular weight is 147 g/mol. The van der Waals surface area contributed by atoms with Crippen LogP contribution in [-0.4, -0.2) is 37.9 Å². The van der Waals surface area contributed by atoms with Gasteiger partial charge in [0, 0.05) is 13.0 Å². The van der Waals surface area contributed by atoms with Gasteiger partial charge in [0.2, 0.25) is 0 Å². The third kappa shape index (κ3) is 2.62. The number of aliphatic hydroxyl groups excluding tert-OH is 1. The zero-order chi connectivity index (χ0) is 7.23. The Balaban J connectivity index is 1.91. The second-order valence-corrected chi connectivity index (χ2v) is 2.14. The Morgan fingerprint density at radius 3 is 3.20 bits per heavy atom. The molecule has 1 saturated heterocycles. The first-order valence-corrected chi connectivity index (χ1v) is 3.47. The Morgan fingerprint density at radius 1 is 1.70 bits per heavy atom. The van der Waals surface area contributed by atoms with Crippen LogP contribution in [0.3, 0.4) is 0 Å². The van der Waals surface area contributed by atoms with Crippen LogP contribution in [0.15, 0.2) is 0 Å². The van der Waals surface area contributed by atoms with Crippen LogP contribution in [0.1, 0.15) is 6.42 Å². The molecule has 10 heavy (non-hydrogen) atoms. The minimum atomic E-state index is -0.202. The van der Waals surface area contributed by atoms with Crippen molar-refractivity contribution in [3.05, 3.63) is 0 Å². The van der Waals surface area contributed by atoms with Gasteiger partial charge >= 0.3 is 0 Å². The molecule has 2 N–H and O–H groups in total. The first kappa shape index (κ1) is 7.94. The molecule has 0 aliphatic carbocycles. The standard InChI is InChI=1S/C6H13NO3/c8-5-9-3-1-6-7-2-4-10-6/h6-8H,1-5H2. The van der Waals surface area contributed by atoms with Crippen molar-refractivity contribution < 1.29 is 14.6 Å². The van der Waals surface area contributed by atoms with Crippen molar-refractivity contribution in [2.75, 3.05) is 26.6 Å². The number of ether oxygens (including phenoxy) is 2. The maximum Gasteiger partial charge on any atom is 0.143 e. The van der Waals surface area contributed by atoms with Crippen LogP contribution in [-0.2, 0) is 9.47 Å². The third-order valence-corrected chi connectivity index (χ3v) is 1.41. The van der Waals surface area contributed by atoms with Gasteiger partial charge in [-0.1, -0.05) is 0 Å². The predicted octanol–water partition coefficient (Wildman–Crippen LogP) is -0.711. The molecule has 1 fully saturated rings. The summed E-state index contributed by atoms with van der Waals surface area (Å²) in [6, 6.07) is 0. The van der Waals surface area contributed by atoms with Crippen molar-refractivity contribution in [3.63, 3.8) is 0 Å². The van der Waals surface area contributed by atoms with Crippen molar-refractivity contribution in [2.24, 2.45) is 0 Å². The van der Waals surface area contributed by atoms with Gasteiger partial charge in [-0.25, -0.2) is 0 Å². The monoisotopic (exact) mass is 147 g/mol. The number of rotatable bonds is 4. The van der Waals surface area contributed by atoms with Gasteiger partial charge < -0.3 is 14.6 Å². The van der Waals surface area contributed by atoms with Gasteiger partial charge in [0.1, 0.15) is 13.0 Å².